The highest BCUT2D eigenvalue weighted by atomic mass is 14.9. The largest absolute Gasteiger partial charge is 0.239 e. The zero-order valence-corrected chi connectivity index (χ0v) is 6.85. The van der Waals surface area contributed by atoms with E-state index in [1.807, 2.05) is 0 Å². The summed E-state index contributed by atoms with van der Waals surface area (Å²) in [7, 11) is 0. The fourth-order valence-corrected chi connectivity index (χ4v) is 0.599. The van der Waals surface area contributed by atoms with Crippen LogP contribution in [0.4, 0.5) is 0 Å². The van der Waals surface area contributed by atoms with Crippen LogP contribution in [0.15, 0.2) is 0 Å². The molecular weight excluding hydrogens is 110 g/mol. The third kappa shape index (κ3) is 5.84. The molecule has 0 aromatic carbocycles. The van der Waals surface area contributed by atoms with Gasteiger partial charge in [0.05, 0.1) is 0 Å². The normalized spacial score (nSPS) is 13.7. The minimum atomic E-state index is 0.580. The van der Waals surface area contributed by atoms with Gasteiger partial charge in [-0.25, -0.2) is 5.32 Å². The molecule has 0 N–H and O–H groups in total. The second-order valence-corrected chi connectivity index (χ2v) is 2.52. The Bertz CT molecular complexity index is 52.5. The van der Waals surface area contributed by atoms with Crippen LogP contribution < -0.4 is 5.32 Å². The lowest BCUT2D eigenvalue weighted by Crippen LogP contribution is -2.18. The van der Waals surface area contributed by atoms with Crippen molar-refractivity contribution in [2.75, 3.05) is 6.54 Å². The van der Waals surface area contributed by atoms with Crippen molar-refractivity contribution in [2.24, 2.45) is 0 Å². The van der Waals surface area contributed by atoms with E-state index < -0.39 is 0 Å². The van der Waals surface area contributed by atoms with Crippen LogP contribution in [-0.4, -0.2) is 12.6 Å². The maximum Gasteiger partial charge on any atom is 0.0215 e. The predicted octanol–water partition coefficient (Wildman–Crippen LogP) is 2.19. The second kappa shape index (κ2) is 6.09. The van der Waals surface area contributed by atoms with E-state index in [4.69, 9.17) is 0 Å². The van der Waals surface area contributed by atoms with Crippen molar-refractivity contribution in [1.29, 1.82) is 0 Å². The molecule has 0 aromatic rings. The van der Waals surface area contributed by atoms with Crippen molar-refractivity contribution >= 4 is 0 Å². The van der Waals surface area contributed by atoms with Gasteiger partial charge in [-0.1, -0.05) is 20.3 Å². The molecule has 0 aromatic heterocycles. The summed E-state index contributed by atoms with van der Waals surface area (Å²) in [6.07, 6.45) is 3.70. The van der Waals surface area contributed by atoms with Crippen LogP contribution in [-0.2, 0) is 0 Å². The Balaban J connectivity index is 2.88. The van der Waals surface area contributed by atoms with Crippen LogP contribution in [0.5, 0.6) is 0 Å². The maximum absolute atomic E-state index is 4.43. The van der Waals surface area contributed by atoms with E-state index in [9.17, 15) is 0 Å². The standard InChI is InChI=1S/C8H18N/c1-4-6-7-9-8(3)5-2/h8H,4-7H2,1-3H3. The molecule has 0 spiro atoms. The summed E-state index contributed by atoms with van der Waals surface area (Å²) in [5.41, 5.74) is 0. The molecule has 0 aliphatic carbocycles. The van der Waals surface area contributed by atoms with Gasteiger partial charge in [0.25, 0.3) is 0 Å². The molecule has 0 aliphatic heterocycles. The molecule has 0 fully saturated rings. The Morgan fingerprint density at radius 2 is 2.00 bits per heavy atom. The summed E-state index contributed by atoms with van der Waals surface area (Å²) < 4.78 is 0. The lowest BCUT2D eigenvalue weighted by molar-refractivity contribution is 0.510. The zero-order valence-electron chi connectivity index (χ0n) is 6.85. The zero-order chi connectivity index (χ0) is 7.11. The maximum atomic E-state index is 4.43. The summed E-state index contributed by atoms with van der Waals surface area (Å²) in [6, 6.07) is 0.580. The molecule has 0 bridgehead atoms. The highest BCUT2D eigenvalue weighted by Crippen LogP contribution is 1.91. The molecular formula is C8H18N. The predicted molar refractivity (Wildman–Crippen MR) is 41.7 cm³/mol. The van der Waals surface area contributed by atoms with Gasteiger partial charge in [-0.15, -0.1) is 0 Å². The molecule has 55 valence electrons. The third-order valence-corrected chi connectivity index (χ3v) is 1.54. The minimum Gasteiger partial charge on any atom is -0.239 e. The number of rotatable bonds is 5. The number of hydrogen-bond donors (Lipinski definition) is 0. The van der Waals surface area contributed by atoms with Gasteiger partial charge < -0.3 is 0 Å². The topological polar surface area (TPSA) is 14.1 Å². The first-order valence-electron chi connectivity index (χ1n) is 3.97. The molecule has 0 heterocycles. The van der Waals surface area contributed by atoms with Crippen LogP contribution in [0.3, 0.4) is 0 Å². The number of nitrogens with zero attached hydrogens (tertiary/aromatic N) is 1. The first kappa shape index (κ1) is 8.96. The third-order valence-electron chi connectivity index (χ3n) is 1.54. The van der Waals surface area contributed by atoms with Crippen molar-refractivity contribution < 1.29 is 0 Å². The Morgan fingerprint density at radius 1 is 1.33 bits per heavy atom. The molecule has 9 heavy (non-hydrogen) atoms. The molecule has 1 atom stereocenters. The average Bonchev–Trinajstić information content (AvgIpc) is 1.89. The first-order chi connectivity index (χ1) is 4.31. The smallest absolute Gasteiger partial charge is 0.0215 e. The molecule has 0 amide bonds. The van der Waals surface area contributed by atoms with Gasteiger partial charge in [-0.05, 0) is 19.8 Å². The van der Waals surface area contributed by atoms with Crippen molar-refractivity contribution in [3.05, 3.63) is 0 Å². The summed E-state index contributed by atoms with van der Waals surface area (Å²) in [5.74, 6) is 0. The molecule has 1 heteroatoms. The number of unbranched alkanes of at least 4 members (excludes halogenated alkanes) is 1. The summed E-state index contributed by atoms with van der Waals surface area (Å²) in [4.78, 5) is 0. The summed E-state index contributed by atoms with van der Waals surface area (Å²) >= 11 is 0. The Labute approximate surface area is 58.8 Å². The quantitative estimate of drug-likeness (QED) is 0.504. The Kier molecular flexibility index (Phi) is 6.06. The van der Waals surface area contributed by atoms with Crippen LogP contribution in [0.1, 0.15) is 40.0 Å². The lowest BCUT2D eigenvalue weighted by atomic mass is 10.2. The van der Waals surface area contributed by atoms with Crippen molar-refractivity contribution in [2.45, 2.75) is 46.1 Å². The van der Waals surface area contributed by atoms with Crippen molar-refractivity contribution in [3.63, 3.8) is 0 Å². The highest BCUT2D eigenvalue weighted by Gasteiger charge is 1.95. The van der Waals surface area contributed by atoms with E-state index in [-0.39, 0.29) is 0 Å². The van der Waals surface area contributed by atoms with E-state index in [0.29, 0.717) is 6.04 Å². The molecule has 0 rings (SSSR count). The molecule has 1 radical (unpaired) electrons. The van der Waals surface area contributed by atoms with E-state index >= 15 is 0 Å². The van der Waals surface area contributed by atoms with E-state index in [1.54, 1.807) is 0 Å². The fourth-order valence-electron chi connectivity index (χ4n) is 0.599. The SMILES string of the molecule is CCCC[N]C(C)CC. The van der Waals surface area contributed by atoms with Crippen molar-refractivity contribution in [3.8, 4) is 0 Å². The summed E-state index contributed by atoms with van der Waals surface area (Å²) in [5, 5.41) is 4.43. The average molecular weight is 128 g/mol. The van der Waals surface area contributed by atoms with Crippen molar-refractivity contribution in [1.82, 2.24) is 5.32 Å². The van der Waals surface area contributed by atoms with Gasteiger partial charge in [0.1, 0.15) is 0 Å². The number of hydrogen-bond acceptors (Lipinski definition) is 0. The lowest BCUT2D eigenvalue weighted by Gasteiger charge is -2.06. The van der Waals surface area contributed by atoms with Crippen LogP contribution in [0, 0.1) is 0 Å². The highest BCUT2D eigenvalue weighted by molar-refractivity contribution is 4.55. The molecule has 0 aliphatic rings. The van der Waals surface area contributed by atoms with Crippen LogP contribution in [0.25, 0.3) is 0 Å². The Hall–Kier alpha value is -0.0400. The molecule has 1 unspecified atom stereocenters. The van der Waals surface area contributed by atoms with Gasteiger partial charge in [0.2, 0.25) is 0 Å². The van der Waals surface area contributed by atoms with E-state index in [1.165, 1.54) is 19.3 Å². The van der Waals surface area contributed by atoms with Gasteiger partial charge in [0.15, 0.2) is 0 Å². The fraction of sp³-hybridized carbons (Fsp3) is 1.00. The second-order valence-electron chi connectivity index (χ2n) is 2.52. The van der Waals surface area contributed by atoms with Crippen LogP contribution >= 0.6 is 0 Å². The minimum absolute atomic E-state index is 0.580. The van der Waals surface area contributed by atoms with E-state index in [0.717, 1.165) is 6.54 Å². The molecule has 0 saturated carbocycles. The monoisotopic (exact) mass is 128 g/mol. The van der Waals surface area contributed by atoms with Gasteiger partial charge >= 0.3 is 0 Å². The van der Waals surface area contributed by atoms with Gasteiger partial charge in [-0.3, -0.25) is 0 Å². The molecule has 0 saturated heterocycles. The summed E-state index contributed by atoms with van der Waals surface area (Å²) in [6.45, 7) is 7.62. The van der Waals surface area contributed by atoms with Gasteiger partial charge in [-0.2, -0.15) is 0 Å². The first-order valence-corrected chi connectivity index (χ1v) is 3.97. The Morgan fingerprint density at radius 3 is 2.44 bits per heavy atom. The van der Waals surface area contributed by atoms with E-state index in [2.05, 4.69) is 26.1 Å². The van der Waals surface area contributed by atoms with Crippen LogP contribution in [0.2, 0.25) is 0 Å². The molecule has 1 nitrogen and oxygen atoms in total. The van der Waals surface area contributed by atoms with Gasteiger partial charge in [0, 0.05) is 12.6 Å².